The number of phenols is 1. The van der Waals surface area contributed by atoms with E-state index in [0.717, 1.165) is 11.6 Å². The summed E-state index contributed by atoms with van der Waals surface area (Å²) in [5.74, 6) is -1.18. The van der Waals surface area contributed by atoms with Gasteiger partial charge in [0.15, 0.2) is 0 Å². The number of amides is 1. The van der Waals surface area contributed by atoms with Crippen LogP contribution in [0.2, 0.25) is 0 Å². The lowest BCUT2D eigenvalue weighted by atomic mass is 10.1. The summed E-state index contributed by atoms with van der Waals surface area (Å²) in [5.41, 5.74) is 7.00. The zero-order chi connectivity index (χ0) is 14.0. The number of hydrogen-bond acceptors (Lipinski definition) is 3. The third-order valence-corrected chi connectivity index (χ3v) is 2.66. The van der Waals surface area contributed by atoms with Crippen LogP contribution in [0.1, 0.15) is 15.9 Å². The Morgan fingerprint density at radius 2 is 2.00 bits per heavy atom. The fraction of sp³-hybridized carbons (Fsp3) is 0.0714. The summed E-state index contributed by atoms with van der Waals surface area (Å²) in [7, 11) is 0. The number of carbonyl (C=O) groups is 1. The highest BCUT2D eigenvalue weighted by molar-refractivity contribution is 6.07. The number of hydrogen-bond donors (Lipinski definition) is 3. The van der Waals surface area contributed by atoms with Gasteiger partial charge in [0.2, 0.25) is 0 Å². The van der Waals surface area contributed by atoms with Crippen molar-refractivity contribution >= 4 is 17.3 Å². The first-order chi connectivity index (χ1) is 8.97. The van der Waals surface area contributed by atoms with Gasteiger partial charge in [0, 0.05) is 0 Å². The molecule has 0 aliphatic rings. The van der Waals surface area contributed by atoms with Crippen LogP contribution in [0, 0.1) is 12.7 Å². The van der Waals surface area contributed by atoms with E-state index in [0.29, 0.717) is 0 Å². The average Bonchev–Trinajstić information content (AvgIpc) is 2.33. The quantitative estimate of drug-likeness (QED) is 0.727. The third kappa shape index (κ3) is 2.82. The van der Waals surface area contributed by atoms with Crippen molar-refractivity contribution in [1.82, 2.24) is 0 Å². The van der Waals surface area contributed by atoms with Crippen molar-refractivity contribution < 1.29 is 14.3 Å². The van der Waals surface area contributed by atoms with E-state index in [4.69, 9.17) is 5.73 Å². The molecule has 0 aromatic heterocycles. The first-order valence-corrected chi connectivity index (χ1v) is 5.63. The molecule has 2 aromatic rings. The normalized spacial score (nSPS) is 10.2. The monoisotopic (exact) mass is 260 g/mol. The Morgan fingerprint density at radius 1 is 1.26 bits per heavy atom. The second-order valence-electron chi connectivity index (χ2n) is 4.21. The molecule has 0 heterocycles. The highest BCUT2D eigenvalue weighted by Gasteiger charge is 2.12. The standard InChI is InChI=1S/C14H13FN2O2/c1-8-2-4-10(13(18)6-8)14(19)17-12-7-9(15)3-5-11(12)16/h2-7,18H,16H2,1H3,(H,17,19). The summed E-state index contributed by atoms with van der Waals surface area (Å²) < 4.78 is 13.1. The maximum absolute atomic E-state index is 13.1. The van der Waals surface area contributed by atoms with Crippen molar-refractivity contribution in [2.24, 2.45) is 0 Å². The Kier molecular flexibility index (Phi) is 3.37. The number of carbonyl (C=O) groups excluding carboxylic acids is 1. The average molecular weight is 260 g/mol. The van der Waals surface area contributed by atoms with Crippen molar-refractivity contribution in [3.63, 3.8) is 0 Å². The summed E-state index contributed by atoms with van der Waals surface area (Å²) >= 11 is 0. The van der Waals surface area contributed by atoms with Gasteiger partial charge in [0.05, 0.1) is 16.9 Å². The van der Waals surface area contributed by atoms with Crippen LogP contribution in [0.25, 0.3) is 0 Å². The summed E-state index contributed by atoms with van der Waals surface area (Å²) in [5, 5.41) is 12.2. The molecule has 0 radical (unpaired) electrons. The molecule has 0 saturated heterocycles. The van der Waals surface area contributed by atoms with E-state index in [2.05, 4.69) is 5.32 Å². The fourth-order valence-electron chi connectivity index (χ4n) is 1.66. The van der Waals surface area contributed by atoms with Crippen LogP contribution in [0.4, 0.5) is 15.8 Å². The minimum absolute atomic E-state index is 0.106. The van der Waals surface area contributed by atoms with Gasteiger partial charge in [-0.25, -0.2) is 4.39 Å². The molecule has 5 heteroatoms. The topological polar surface area (TPSA) is 75.4 Å². The first-order valence-electron chi connectivity index (χ1n) is 5.63. The lowest BCUT2D eigenvalue weighted by Crippen LogP contribution is -2.13. The zero-order valence-corrected chi connectivity index (χ0v) is 10.3. The molecule has 0 fully saturated rings. The van der Waals surface area contributed by atoms with Gasteiger partial charge in [0.1, 0.15) is 11.6 Å². The number of benzene rings is 2. The van der Waals surface area contributed by atoms with Crippen LogP contribution in [-0.4, -0.2) is 11.0 Å². The van der Waals surface area contributed by atoms with E-state index < -0.39 is 11.7 Å². The van der Waals surface area contributed by atoms with Crippen molar-refractivity contribution in [2.75, 3.05) is 11.1 Å². The number of nitrogen functional groups attached to an aromatic ring is 1. The second kappa shape index (κ2) is 4.97. The highest BCUT2D eigenvalue weighted by Crippen LogP contribution is 2.23. The number of phenolic OH excluding ortho intramolecular Hbond substituents is 1. The van der Waals surface area contributed by atoms with Gasteiger partial charge < -0.3 is 16.2 Å². The molecule has 0 aliphatic heterocycles. The highest BCUT2D eigenvalue weighted by atomic mass is 19.1. The second-order valence-corrected chi connectivity index (χ2v) is 4.21. The van der Waals surface area contributed by atoms with Crippen molar-refractivity contribution in [3.05, 3.63) is 53.3 Å². The van der Waals surface area contributed by atoms with Gasteiger partial charge in [-0.15, -0.1) is 0 Å². The number of aryl methyl sites for hydroxylation is 1. The Bertz CT molecular complexity index is 641. The largest absolute Gasteiger partial charge is 0.507 e. The molecule has 0 spiro atoms. The summed E-state index contributed by atoms with van der Waals surface area (Å²) in [4.78, 5) is 12.0. The first kappa shape index (κ1) is 12.9. The van der Waals surface area contributed by atoms with Crippen molar-refractivity contribution in [1.29, 1.82) is 0 Å². The number of nitrogens with one attached hydrogen (secondary N) is 1. The molecule has 0 saturated carbocycles. The minimum atomic E-state index is -0.546. The molecule has 2 rings (SSSR count). The zero-order valence-electron chi connectivity index (χ0n) is 10.3. The van der Waals surface area contributed by atoms with Crippen LogP contribution < -0.4 is 11.1 Å². The lowest BCUT2D eigenvalue weighted by molar-refractivity contribution is 0.102. The molecule has 4 nitrogen and oxygen atoms in total. The van der Waals surface area contributed by atoms with Gasteiger partial charge in [-0.3, -0.25) is 4.79 Å². The molecule has 0 aliphatic carbocycles. The van der Waals surface area contributed by atoms with Crippen LogP contribution in [0.5, 0.6) is 5.75 Å². The molecule has 98 valence electrons. The lowest BCUT2D eigenvalue weighted by Gasteiger charge is -2.09. The van der Waals surface area contributed by atoms with E-state index >= 15 is 0 Å². The van der Waals surface area contributed by atoms with E-state index in [9.17, 15) is 14.3 Å². The van der Waals surface area contributed by atoms with Crippen molar-refractivity contribution in [3.8, 4) is 5.75 Å². The molecule has 1 amide bonds. The Hall–Kier alpha value is -2.56. The van der Waals surface area contributed by atoms with Gasteiger partial charge in [0.25, 0.3) is 5.91 Å². The molecule has 0 bridgehead atoms. The number of nitrogens with two attached hydrogens (primary N) is 1. The molecular formula is C14H13FN2O2. The Balaban J connectivity index is 2.28. The van der Waals surface area contributed by atoms with Gasteiger partial charge >= 0.3 is 0 Å². The number of aromatic hydroxyl groups is 1. The predicted molar refractivity (Wildman–Crippen MR) is 71.6 cm³/mol. The Labute approximate surface area is 109 Å². The predicted octanol–water partition coefficient (Wildman–Crippen LogP) is 2.67. The van der Waals surface area contributed by atoms with Gasteiger partial charge in [-0.05, 0) is 42.8 Å². The van der Waals surface area contributed by atoms with E-state index in [1.54, 1.807) is 13.0 Å². The summed E-state index contributed by atoms with van der Waals surface area (Å²) in [6.07, 6.45) is 0. The molecule has 19 heavy (non-hydrogen) atoms. The van der Waals surface area contributed by atoms with Crippen LogP contribution in [0.3, 0.4) is 0 Å². The van der Waals surface area contributed by atoms with Gasteiger partial charge in [-0.2, -0.15) is 0 Å². The SMILES string of the molecule is Cc1ccc(C(=O)Nc2cc(F)ccc2N)c(O)c1. The summed E-state index contributed by atoms with van der Waals surface area (Å²) in [6.45, 7) is 1.80. The maximum Gasteiger partial charge on any atom is 0.259 e. The van der Waals surface area contributed by atoms with Crippen molar-refractivity contribution in [2.45, 2.75) is 6.92 Å². The van der Waals surface area contributed by atoms with Crippen LogP contribution in [-0.2, 0) is 0 Å². The molecule has 0 atom stereocenters. The third-order valence-electron chi connectivity index (χ3n) is 2.66. The fourth-order valence-corrected chi connectivity index (χ4v) is 1.66. The number of anilines is 2. The molecule has 0 unspecified atom stereocenters. The molecule has 4 N–H and O–H groups in total. The van der Waals surface area contributed by atoms with Gasteiger partial charge in [-0.1, -0.05) is 6.07 Å². The summed E-state index contributed by atoms with van der Waals surface area (Å²) in [6, 6.07) is 8.36. The molecular weight excluding hydrogens is 247 g/mol. The van der Waals surface area contributed by atoms with E-state index in [1.165, 1.54) is 24.3 Å². The van der Waals surface area contributed by atoms with Crippen LogP contribution >= 0.6 is 0 Å². The minimum Gasteiger partial charge on any atom is -0.507 e. The maximum atomic E-state index is 13.1. The smallest absolute Gasteiger partial charge is 0.259 e. The van der Waals surface area contributed by atoms with E-state index in [1.807, 2.05) is 0 Å². The van der Waals surface area contributed by atoms with Crippen LogP contribution in [0.15, 0.2) is 36.4 Å². The van der Waals surface area contributed by atoms with E-state index in [-0.39, 0.29) is 22.7 Å². The number of halogens is 1. The molecule has 2 aromatic carbocycles. The Morgan fingerprint density at radius 3 is 2.68 bits per heavy atom. The number of rotatable bonds is 2.